The molecule has 1 fully saturated rings. The first kappa shape index (κ1) is 17.7. The monoisotopic (exact) mass is 338 g/mol. The molecule has 0 N–H and O–H groups in total. The molecule has 5 heteroatoms. The highest BCUT2D eigenvalue weighted by molar-refractivity contribution is 6.62. The summed E-state index contributed by atoms with van der Waals surface area (Å²) in [7, 11) is -0.398. The Labute approximate surface area is 149 Å². The molecule has 0 radical (unpaired) electrons. The van der Waals surface area contributed by atoms with E-state index in [-0.39, 0.29) is 23.6 Å². The van der Waals surface area contributed by atoms with Gasteiger partial charge in [-0.25, -0.2) is 0 Å². The Kier molecular flexibility index (Phi) is 4.72. The van der Waals surface area contributed by atoms with E-state index in [4.69, 9.17) is 14.0 Å². The second-order valence-corrected chi connectivity index (χ2v) is 7.24. The number of ketones is 1. The second kappa shape index (κ2) is 6.66. The number of benzene rings is 2. The highest BCUT2D eigenvalue weighted by Crippen LogP contribution is 2.36. The van der Waals surface area contributed by atoms with Crippen LogP contribution in [0.3, 0.4) is 0 Å². The fraction of sp³-hybridized carbons (Fsp3) is 0.350. The van der Waals surface area contributed by atoms with E-state index in [0.29, 0.717) is 11.3 Å². The zero-order chi connectivity index (χ0) is 18.1. The molecule has 0 spiro atoms. The molecule has 0 aromatic heterocycles. The second-order valence-electron chi connectivity index (χ2n) is 7.24. The Hall–Kier alpha value is -2.11. The zero-order valence-corrected chi connectivity index (χ0v) is 15.1. The van der Waals surface area contributed by atoms with E-state index in [9.17, 15) is 4.79 Å². The first-order valence-corrected chi connectivity index (χ1v) is 8.45. The quantitative estimate of drug-likeness (QED) is 0.620. The smallest absolute Gasteiger partial charge is 0.485 e. The van der Waals surface area contributed by atoms with Crippen molar-refractivity contribution in [3.05, 3.63) is 60.2 Å². The van der Waals surface area contributed by atoms with Gasteiger partial charge in [-0.15, -0.1) is 0 Å². The summed E-state index contributed by atoms with van der Waals surface area (Å²) < 4.78 is 17.6. The molecule has 25 heavy (non-hydrogen) atoms. The predicted octanol–water partition coefficient (Wildman–Crippen LogP) is 3.25. The number of carbonyl (C=O) groups is 1. The highest BCUT2D eigenvalue weighted by Gasteiger charge is 2.51. The zero-order valence-electron chi connectivity index (χ0n) is 15.1. The van der Waals surface area contributed by atoms with Crippen molar-refractivity contribution in [2.75, 3.05) is 6.61 Å². The SMILES string of the molecule is CC1(C)OB(c2ccc(OCC(=O)c3ccccc3)cc2)OC1(C)C. The molecule has 0 bridgehead atoms. The van der Waals surface area contributed by atoms with Crippen LogP contribution in [0.5, 0.6) is 5.75 Å². The molecular formula is C20H23BO4. The van der Waals surface area contributed by atoms with Crippen LogP contribution in [-0.2, 0) is 9.31 Å². The van der Waals surface area contributed by atoms with Crippen LogP contribution < -0.4 is 10.2 Å². The lowest BCUT2D eigenvalue weighted by Crippen LogP contribution is -2.41. The van der Waals surface area contributed by atoms with Crippen molar-refractivity contribution >= 4 is 18.4 Å². The summed E-state index contributed by atoms with van der Waals surface area (Å²) in [4.78, 5) is 12.1. The summed E-state index contributed by atoms with van der Waals surface area (Å²) in [5.41, 5.74) is 0.848. The Morgan fingerprint density at radius 3 is 2.04 bits per heavy atom. The van der Waals surface area contributed by atoms with Gasteiger partial charge >= 0.3 is 7.12 Å². The average molecular weight is 338 g/mol. The van der Waals surface area contributed by atoms with Crippen molar-refractivity contribution in [3.8, 4) is 5.75 Å². The van der Waals surface area contributed by atoms with Gasteiger partial charge in [0.2, 0.25) is 0 Å². The molecule has 0 aliphatic carbocycles. The molecule has 0 unspecified atom stereocenters. The number of Topliss-reactive ketones (excluding diaryl/α,β-unsaturated/α-hetero) is 1. The molecule has 2 aromatic rings. The third kappa shape index (κ3) is 3.78. The van der Waals surface area contributed by atoms with Crippen molar-refractivity contribution in [3.63, 3.8) is 0 Å². The van der Waals surface area contributed by atoms with Crippen molar-refractivity contribution in [2.45, 2.75) is 38.9 Å². The van der Waals surface area contributed by atoms with Crippen LogP contribution in [0.4, 0.5) is 0 Å². The first-order valence-electron chi connectivity index (χ1n) is 8.45. The lowest BCUT2D eigenvalue weighted by Gasteiger charge is -2.32. The molecule has 1 aliphatic heterocycles. The third-order valence-corrected chi connectivity index (χ3v) is 4.87. The van der Waals surface area contributed by atoms with Gasteiger partial charge in [0.1, 0.15) is 5.75 Å². The van der Waals surface area contributed by atoms with Crippen LogP contribution in [0, 0.1) is 0 Å². The van der Waals surface area contributed by atoms with Crippen molar-refractivity contribution < 1.29 is 18.8 Å². The van der Waals surface area contributed by atoms with Crippen LogP contribution in [0.1, 0.15) is 38.1 Å². The normalized spacial score (nSPS) is 18.2. The van der Waals surface area contributed by atoms with Crippen molar-refractivity contribution in [2.24, 2.45) is 0 Å². The van der Waals surface area contributed by atoms with Crippen molar-refractivity contribution in [1.29, 1.82) is 0 Å². The maximum Gasteiger partial charge on any atom is 0.494 e. The Balaban J connectivity index is 1.61. The molecule has 3 rings (SSSR count). The van der Waals surface area contributed by atoms with E-state index in [1.165, 1.54) is 0 Å². The van der Waals surface area contributed by atoms with Crippen LogP contribution >= 0.6 is 0 Å². The fourth-order valence-corrected chi connectivity index (χ4v) is 2.56. The van der Waals surface area contributed by atoms with Gasteiger partial charge in [0.05, 0.1) is 11.2 Å². The predicted molar refractivity (Wildman–Crippen MR) is 98.4 cm³/mol. The molecule has 1 aliphatic rings. The van der Waals surface area contributed by atoms with E-state index in [0.717, 1.165) is 5.46 Å². The van der Waals surface area contributed by atoms with Gasteiger partial charge in [-0.1, -0.05) is 42.5 Å². The number of rotatable bonds is 5. The molecule has 0 amide bonds. The minimum atomic E-state index is -0.398. The van der Waals surface area contributed by atoms with E-state index < -0.39 is 7.12 Å². The van der Waals surface area contributed by atoms with Gasteiger partial charge in [-0.3, -0.25) is 4.79 Å². The minimum Gasteiger partial charge on any atom is -0.485 e. The molecule has 0 atom stereocenters. The number of hydrogen-bond acceptors (Lipinski definition) is 4. The third-order valence-electron chi connectivity index (χ3n) is 4.87. The average Bonchev–Trinajstić information content (AvgIpc) is 2.82. The van der Waals surface area contributed by atoms with E-state index in [2.05, 4.69) is 0 Å². The minimum absolute atomic E-state index is 0.0137. The topological polar surface area (TPSA) is 44.8 Å². The molecule has 1 saturated heterocycles. The van der Waals surface area contributed by atoms with Crippen molar-refractivity contribution in [1.82, 2.24) is 0 Å². The van der Waals surface area contributed by atoms with Gasteiger partial charge in [-0.05, 0) is 45.3 Å². The van der Waals surface area contributed by atoms with Crippen LogP contribution in [0.15, 0.2) is 54.6 Å². The summed E-state index contributed by atoms with van der Waals surface area (Å²) in [6.45, 7) is 8.12. The largest absolute Gasteiger partial charge is 0.494 e. The van der Waals surface area contributed by atoms with E-state index in [1.54, 1.807) is 12.1 Å². The van der Waals surface area contributed by atoms with E-state index >= 15 is 0 Å². The molecular weight excluding hydrogens is 315 g/mol. The number of carbonyl (C=O) groups excluding carboxylic acids is 1. The summed E-state index contributed by atoms with van der Waals surface area (Å²) >= 11 is 0. The van der Waals surface area contributed by atoms with Crippen LogP contribution in [0.2, 0.25) is 0 Å². The van der Waals surface area contributed by atoms with Gasteiger partial charge in [-0.2, -0.15) is 0 Å². The van der Waals surface area contributed by atoms with Gasteiger partial charge in [0.15, 0.2) is 12.4 Å². The highest BCUT2D eigenvalue weighted by atomic mass is 16.7. The molecule has 4 nitrogen and oxygen atoms in total. The summed E-state index contributed by atoms with van der Waals surface area (Å²) in [5.74, 6) is 0.597. The number of ether oxygens (including phenoxy) is 1. The van der Waals surface area contributed by atoms with Gasteiger partial charge in [0, 0.05) is 5.56 Å². The maximum atomic E-state index is 12.1. The molecule has 130 valence electrons. The standard InChI is InChI=1S/C20H23BO4/c1-19(2)20(3,4)25-21(24-19)16-10-12-17(13-11-16)23-14-18(22)15-8-6-5-7-9-15/h5-13H,14H2,1-4H3. The Morgan fingerprint density at radius 2 is 1.48 bits per heavy atom. The van der Waals surface area contributed by atoms with Crippen LogP contribution in [0.25, 0.3) is 0 Å². The molecule has 0 saturated carbocycles. The van der Waals surface area contributed by atoms with Crippen LogP contribution in [-0.4, -0.2) is 30.7 Å². The maximum absolute atomic E-state index is 12.1. The lowest BCUT2D eigenvalue weighted by molar-refractivity contribution is 0.00578. The molecule has 1 heterocycles. The summed E-state index contributed by atoms with van der Waals surface area (Å²) in [5, 5.41) is 0. The Morgan fingerprint density at radius 1 is 0.920 bits per heavy atom. The Bertz CT molecular complexity index is 722. The van der Waals surface area contributed by atoms with Gasteiger partial charge in [0.25, 0.3) is 0 Å². The summed E-state index contributed by atoms with van der Waals surface area (Å²) in [6.07, 6.45) is 0. The van der Waals surface area contributed by atoms with Gasteiger partial charge < -0.3 is 14.0 Å². The lowest BCUT2D eigenvalue weighted by atomic mass is 9.79. The molecule has 2 aromatic carbocycles. The fourth-order valence-electron chi connectivity index (χ4n) is 2.56. The van der Waals surface area contributed by atoms with E-state index in [1.807, 2.05) is 70.2 Å². The number of hydrogen-bond donors (Lipinski definition) is 0. The summed E-state index contributed by atoms with van der Waals surface area (Å²) in [6, 6.07) is 16.6. The first-order chi connectivity index (χ1) is 11.8.